The number of hydrogen-bond acceptors (Lipinski definition) is 0. The fraction of sp³-hybridized carbons (Fsp3) is 1.00. The van der Waals surface area contributed by atoms with Crippen LogP contribution in [0.25, 0.3) is 0 Å². The Hall–Kier alpha value is -0.0400. The molecule has 0 unspecified atom stereocenters. The van der Waals surface area contributed by atoms with Gasteiger partial charge >= 0.3 is 0 Å². The summed E-state index contributed by atoms with van der Waals surface area (Å²) in [6, 6.07) is 0. The van der Waals surface area contributed by atoms with E-state index in [9.17, 15) is 0 Å². The highest BCUT2D eigenvalue weighted by atomic mass is 15.3. The Kier molecular flexibility index (Phi) is 4.21. The lowest BCUT2D eigenvalue weighted by Crippen LogP contribution is -2.52. The van der Waals surface area contributed by atoms with Crippen molar-refractivity contribution in [1.82, 2.24) is 0 Å². The Labute approximate surface area is 91.1 Å². The summed E-state index contributed by atoms with van der Waals surface area (Å²) in [5.41, 5.74) is 0.853. The molecule has 0 bridgehead atoms. The molecule has 14 heavy (non-hydrogen) atoms. The van der Waals surface area contributed by atoms with E-state index < -0.39 is 0 Å². The predicted molar refractivity (Wildman–Crippen MR) is 65.4 cm³/mol. The van der Waals surface area contributed by atoms with Gasteiger partial charge in [0.1, 0.15) is 0 Å². The van der Waals surface area contributed by atoms with Crippen LogP contribution >= 0.6 is 0 Å². The zero-order valence-corrected chi connectivity index (χ0v) is 11.6. The Balaban J connectivity index is 4.49. The van der Waals surface area contributed by atoms with Gasteiger partial charge < -0.3 is 4.48 Å². The van der Waals surface area contributed by atoms with Crippen LogP contribution in [0.3, 0.4) is 0 Å². The van der Waals surface area contributed by atoms with Gasteiger partial charge in [0, 0.05) is 10.8 Å². The predicted octanol–water partition coefficient (Wildman–Crippen LogP) is 3.55. The van der Waals surface area contributed by atoms with E-state index in [-0.39, 0.29) is 0 Å². The van der Waals surface area contributed by atoms with Crippen molar-refractivity contribution >= 4 is 0 Å². The lowest BCUT2D eigenvalue weighted by molar-refractivity contribution is -0.919. The minimum Gasteiger partial charge on any atom is -0.325 e. The van der Waals surface area contributed by atoms with Crippen LogP contribution in [-0.2, 0) is 0 Å². The molecule has 0 saturated heterocycles. The molecule has 0 aliphatic rings. The van der Waals surface area contributed by atoms with Crippen molar-refractivity contribution in [2.75, 3.05) is 26.7 Å². The molecular formula is C13H30N+. The number of nitrogens with zero attached hydrogens (tertiary/aromatic N) is 1. The summed E-state index contributed by atoms with van der Waals surface area (Å²) in [5.74, 6) is 0. The Bertz CT molecular complexity index is 153. The average molecular weight is 200 g/mol. The zero-order valence-electron chi connectivity index (χ0n) is 11.6. The van der Waals surface area contributed by atoms with Crippen LogP contribution in [-0.4, -0.2) is 31.2 Å². The summed E-state index contributed by atoms with van der Waals surface area (Å²) in [6.07, 6.45) is 0. The number of rotatable bonds is 3. The van der Waals surface area contributed by atoms with Crippen LogP contribution < -0.4 is 0 Å². The highest BCUT2D eigenvalue weighted by Gasteiger charge is 2.31. The summed E-state index contributed by atoms with van der Waals surface area (Å²) >= 11 is 0. The van der Waals surface area contributed by atoms with E-state index in [0.717, 1.165) is 0 Å². The first-order valence-electron chi connectivity index (χ1n) is 5.81. The van der Waals surface area contributed by atoms with Crippen molar-refractivity contribution in [3.8, 4) is 0 Å². The van der Waals surface area contributed by atoms with Crippen molar-refractivity contribution in [2.24, 2.45) is 10.8 Å². The molecule has 1 nitrogen and oxygen atoms in total. The molecule has 0 N–H and O–H groups in total. The minimum atomic E-state index is 0.427. The molecule has 1 heteroatoms. The third-order valence-electron chi connectivity index (χ3n) is 2.48. The van der Waals surface area contributed by atoms with E-state index in [1.807, 2.05) is 0 Å². The molecule has 0 heterocycles. The van der Waals surface area contributed by atoms with Crippen molar-refractivity contribution < 1.29 is 4.48 Å². The number of quaternary nitrogens is 1. The monoisotopic (exact) mass is 200 g/mol. The fourth-order valence-corrected chi connectivity index (χ4v) is 2.57. The lowest BCUT2D eigenvalue weighted by atomic mass is 9.90. The van der Waals surface area contributed by atoms with Crippen LogP contribution in [0.5, 0.6) is 0 Å². The third kappa shape index (κ3) is 6.42. The first-order valence-corrected chi connectivity index (χ1v) is 5.81. The molecule has 0 atom stereocenters. The quantitative estimate of drug-likeness (QED) is 0.611. The van der Waals surface area contributed by atoms with E-state index in [1.54, 1.807) is 0 Å². The minimum absolute atomic E-state index is 0.427. The Morgan fingerprint density at radius 1 is 0.786 bits per heavy atom. The second-order valence-electron chi connectivity index (χ2n) is 7.37. The SMILES string of the molecule is CC[N+](C)(CC(C)(C)C)CC(C)(C)C. The van der Waals surface area contributed by atoms with Gasteiger partial charge in [-0.05, 0) is 6.92 Å². The molecule has 0 spiro atoms. The van der Waals surface area contributed by atoms with Crippen molar-refractivity contribution in [2.45, 2.75) is 48.5 Å². The molecule has 0 aromatic carbocycles. The van der Waals surface area contributed by atoms with Crippen LogP contribution in [0.1, 0.15) is 48.5 Å². The van der Waals surface area contributed by atoms with Crippen LogP contribution in [0, 0.1) is 10.8 Å². The lowest BCUT2D eigenvalue weighted by Gasteiger charge is -2.42. The highest BCUT2D eigenvalue weighted by molar-refractivity contribution is 4.65. The van der Waals surface area contributed by atoms with E-state index in [2.05, 4.69) is 55.5 Å². The van der Waals surface area contributed by atoms with Gasteiger partial charge in [-0.25, -0.2) is 0 Å². The van der Waals surface area contributed by atoms with E-state index in [0.29, 0.717) is 10.8 Å². The van der Waals surface area contributed by atoms with Gasteiger partial charge in [-0.2, -0.15) is 0 Å². The maximum Gasteiger partial charge on any atom is 0.0833 e. The van der Waals surface area contributed by atoms with Gasteiger partial charge in [0.15, 0.2) is 0 Å². The molecule has 0 amide bonds. The normalized spacial score (nSPS) is 14.6. The molecule has 0 aliphatic heterocycles. The molecule has 86 valence electrons. The van der Waals surface area contributed by atoms with Gasteiger partial charge in [0.05, 0.1) is 26.7 Å². The van der Waals surface area contributed by atoms with E-state index >= 15 is 0 Å². The third-order valence-corrected chi connectivity index (χ3v) is 2.48. The number of hydrogen-bond donors (Lipinski definition) is 0. The van der Waals surface area contributed by atoms with Crippen molar-refractivity contribution in [3.05, 3.63) is 0 Å². The van der Waals surface area contributed by atoms with Crippen LogP contribution in [0.15, 0.2) is 0 Å². The topological polar surface area (TPSA) is 0 Å². The largest absolute Gasteiger partial charge is 0.325 e. The molecule has 0 radical (unpaired) electrons. The van der Waals surface area contributed by atoms with Gasteiger partial charge in [0.25, 0.3) is 0 Å². The van der Waals surface area contributed by atoms with Gasteiger partial charge in [-0.3, -0.25) is 0 Å². The molecule has 0 rings (SSSR count). The summed E-state index contributed by atoms with van der Waals surface area (Å²) in [7, 11) is 2.39. The Morgan fingerprint density at radius 2 is 1.07 bits per heavy atom. The second-order valence-corrected chi connectivity index (χ2v) is 7.37. The highest BCUT2D eigenvalue weighted by Crippen LogP contribution is 2.25. The van der Waals surface area contributed by atoms with E-state index in [4.69, 9.17) is 0 Å². The maximum absolute atomic E-state index is 2.39. The molecule has 0 fully saturated rings. The van der Waals surface area contributed by atoms with Gasteiger partial charge in [-0.15, -0.1) is 0 Å². The van der Waals surface area contributed by atoms with Crippen LogP contribution in [0.4, 0.5) is 0 Å². The molecule has 0 aromatic heterocycles. The second kappa shape index (κ2) is 4.22. The standard InChI is InChI=1S/C13H30N/c1-9-14(8,10-12(2,3)4)11-13(5,6)7/h9-11H2,1-8H3/q+1. The summed E-state index contributed by atoms with van der Waals surface area (Å²) in [6.45, 7) is 20.1. The Morgan fingerprint density at radius 3 is 1.21 bits per heavy atom. The molecule has 0 aromatic rings. The molecular weight excluding hydrogens is 170 g/mol. The smallest absolute Gasteiger partial charge is 0.0833 e. The average Bonchev–Trinajstić information content (AvgIpc) is 1.78. The van der Waals surface area contributed by atoms with Crippen molar-refractivity contribution in [1.29, 1.82) is 0 Å². The van der Waals surface area contributed by atoms with Crippen LogP contribution in [0.2, 0.25) is 0 Å². The van der Waals surface area contributed by atoms with E-state index in [1.165, 1.54) is 24.1 Å². The first-order chi connectivity index (χ1) is 5.97. The van der Waals surface area contributed by atoms with Crippen molar-refractivity contribution in [3.63, 3.8) is 0 Å². The van der Waals surface area contributed by atoms with Gasteiger partial charge in [0.2, 0.25) is 0 Å². The summed E-state index contributed by atoms with van der Waals surface area (Å²) < 4.78 is 1.19. The summed E-state index contributed by atoms with van der Waals surface area (Å²) in [5, 5.41) is 0. The molecule has 0 aliphatic carbocycles. The maximum atomic E-state index is 2.39. The summed E-state index contributed by atoms with van der Waals surface area (Å²) in [4.78, 5) is 0. The molecule has 0 saturated carbocycles. The fourth-order valence-electron chi connectivity index (χ4n) is 2.57. The van der Waals surface area contributed by atoms with Gasteiger partial charge in [-0.1, -0.05) is 41.5 Å². The zero-order chi connectivity index (χ0) is 11.6. The first kappa shape index (κ1) is 14.0.